The van der Waals surface area contributed by atoms with Gasteiger partial charge in [-0.15, -0.1) is 0 Å². The lowest BCUT2D eigenvalue weighted by Crippen LogP contribution is -2.23. The van der Waals surface area contributed by atoms with Crippen molar-refractivity contribution in [1.29, 1.82) is 0 Å². The van der Waals surface area contributed by atoms with Gasteiger partial charge in [0, 0.05) is 18.7 Å². The molecule has 0 spiro atoms. The van der Waals surface area contributed by atoms with Gasteiger partial charge in [0.2, 0.25) is 5.89 Å². The van der Waals surface area contributed by atoms with Gasteiger partial charge < -0.3 is 9.15 Å². The Bertz CT molecular complexity index is 986. The quantitative estimate of drug-likeness (QED) is 0.600. The number of ether oxygens (including phenoxy) is 1. The van der Waals surface area contributed by atoms with Gasteiger partial charge in [-0.25, -0.2) is 13.8 Å². The first-order valence-corrected chi connectivity index (χ1v) is 9.35. The van der Waals surface area contributed by atoms with Crippen LogP contribution in [0.3, 0.4) is 0 Å². The number of halogens is 2. The molecule has 1 unspecified atom stereocenters. The zero-order valence-corrected chi connectivity index (χ0v) is 15.9. The molecule has 0 bridgehead atoms. The molecule has 1 saturated heterocycles. The highest BCUT2D eigenvalue weighted by atomic mass is 19.1. The molecular weight excluding hydrogens is 362 g/mol. The molecular formula is C22H22F2N2O2. The van der Waals surface area contributed by atoms with Crippen molar-refractivity contribution in [3.05, 3.63) is 71.1 Å². The van der Waals surface area contributed by atoms with Gasteiger partial charge in [-0.1, -0.05) is 12.1 Å². The van der Waals surface area contributed by atoms with Crippen LogP contribution in [0.5, 0.6) is 5.75 Å². The van der Waals surface area contributed by atoms with Crippen molar-refractivity contribution >= 4 is 0 Å². The van der Waals surface area contributed by atoms with Crippen LogP contribution in [0, 0.1) is 18.6 Å². The van der Waals surface area contributed by atoms with Crippen LogP contribution in [0.2, 0.25) is 0 Å². The van der Waals surface area contributed by atoms with Crippen LogP contribution in [-0.4, -0.2) is 23.5 Å². The number of benzene rings is 2. The molecule has 146 valence electrons. The zero-order chi connectivity index (χ0) is 19.7. The first-order valence-electron chi connectivity index (χ1n) is 9.35. The summed E-state index contributed by atoms with van der Waals surface area (Å²) in [4.78, 5) is 6.85. The molecule has 0 N–H and O–H groups in total. The van der Waals surface area contributed by atoms with Gasteiger partial charge in [-0.3, -0.25) is 4.90 Å². The summed E-state index contributed by atoms with van der Waals surface area (Å²) in [7, 11) is 1.67. The van der Waals surface area contributed by atoms with Gasteiger partial charge in [0.05, 0.1) is 18.4 Å². The summed E-state index contributed by atoms with van der Waals surface area (Å²) in [6.45, 7) is 3.39. The van der Waals surface area contributed by atoms with Crippen LogP contribution in [-0.2, 0) is 6.54 Å². The standard InChI is InChI=1S/C22H22F2N2O2/c1-14-20(25-22(28-14)18-9-8-16(23)12-19(18)24)13-26-10-4-7-21(26)15-5-3-6-17(11-15)27-2/h3,5-6,8-9,11-12,21H,4,7,10,13H2,1-2H3. The Hall–Kier alpha value is -2.73. The van der Waals surface area contributed by atoms with Crippen LogP contribution in [0.1, 0.15) is 35.9 Å². The number of likely N-dealkylation sites (tertiary alicyclic amines) is 1. The summed E-state index contributed by atoms with van der Waals surface area (Å²) in [5, 5.41) is 0. The predicted molar refractivity (Wildman–Crippen MR) is 102 cm³/mol. The van der Waals surface area contributed by atoms with Crippen molar-refractivity contribution in [1.82, 2.24) is 9.88 Å². The van der Waals surface area contributed by atoms with E-state index >= 15 is 0 Å². The van der Waals surface area contributed by atoms with E-state index in [2.05, 4.69) is 22.0 Å². The van der Waals surface area contributed by atoms with E-state index in [0.29, 0.717) is 12.3 Å². The fraction of sp³-hybridized carbons (Fsp3) is 0.318. The molecule has 0 saturated carbocycles. The van der Waals surface area contributed by atoms with E-state index in [-0.39, 0.29) is 17.5 Å². The van der Waals surface area contributed by atoms with E-state index < -0.39 is 11.6 Å². The van der Waals surface area contributed by atoms with Crippen molar-refractivity contribution in [2.45, 2.75) is 32.4 Å². The number of rotatable bonds is 5. The van der Waals surface area contributed by atoms with Crippen molar-refractivity contribution in [2.24, 2.45) is 0 Å². The molecule has 0 amide bonds. The molecule has 2 aromatic carbocycles. The van der Waals surface area contributed by atoms with E-state index in [1.807, 2.05) is 19.1 Å². The van der Waals surface area contributed by atoms with E-state index in [1.54, 1.807) is 7.11 Å². The normalized spacial score (nSPS) is 17.2. The minimum atomic E-state index is -0.678. The van der Waals surface area contributed by atoms with Gasteiger partial charge in [-0.2, -0.15) is 0 Å². The van der Waals surface area contributed by atoms with Gasteiger partial charge in [0.25, 0.3) is 0 Å². The molecule has 1 atom stereocenters. The highest BCUT2D eigenvalue weighted by molar-refractivity contribution is 5.54. The lowest BCUT2D eigenvalue weighted by molar-refractivity contribution is 0.244. The topological polar surface area (TPSA) is 38.5 Å². The van der Waals surface area contributed by atoms with Gasteiger partial charge >= 0.3 is 0 Å². The van der Waals surface area contributed by atoms with Gasteiger partial charge in [0.15, 0.2) is 0 Å². The van der Waals surface area contributed by atoms with Crippen LogP contribution in [0.15, 0.2) is 46.9 Å². The Balaban J connectivity index is 1.57. The number of hydrogen-bond donors (Lipinski definition) is 0. The first-order chi connectivity index (χ1) is 13.5. The molecule has 4 rings (SSSR count). The largest absolute Gasteiger partial charge is 0.497 e. The number of hydrogen-bond acceptors (Lipinski definition) is 4. The maximum Gasteiger partial charge on any atom is 0.229 e. The molecule has 0 aliphatic carbocycles. The average molecular weight is 384 g/mol. The Morgan fingerprint density at radius 3 is 2.86 bits per heavy atom. The van der Waals surface area contributed by atoms with E-state index in [1.165, 1.54) is 17.7 Å². The summed E-state index contributed by atoms with van der Waals surface area (Å²) in [6.07, 6.45) is 2.15. The van der Waals surface area contributed by atoms with Crippen LogP contribution < -0.4 is 4.74 Å². The number of aromatic nitrogens is 1. The molecule has 4 nitrogen and oxygen atoms in total. The number of nitrogens with zero attached hydrogens (tertiary/aromatic N) is 2. The van der Waals surface area contributed by atoms with Crippen molar-refractivity contribution < 1.29 is 17.9 Å². The minimum Gasteiger partial charge on any atom is -0.497 e. The third-order valence-corrected chi connectivity index (χ3v) is 5.25. The molecule has 3 aromatic rings. The van der Waals surface area contributed by atoms with Crippen molar-refractivity contribution in [3.8, 4) is 17.2 Å². The second-order valence-corrected chi connectivity index (χ2v) is 7.05. The van der Waals surface area contributed by atoms with E-state index in [0.717, 1.165) is 36.9 Å². The molecule has 1 fully saturated rings. The Kier molecular flexibility index (Phi) is 5.13. The Morgan fingerprint density at radius 1 is 1.21 bits per heavy atom. The van der Waals surface area contributed by atoms with Gasteiger partial charge in [0.1, 0.15) is 23.1 Å². The third kappa shape index (κ3) is 3.64. The molecule has 6 heteroatoms. The smallest absolute Gasteiger partial charge is 0.229 e. The summed E-state index contributed by atoms with van der Waals surface area (Å²) in [5.41, 5.74) is 2.15. The second kappa shape index (κ2) is 7.72. The van der Waals surface area contributed by atoms with Crippen LogP contribution >= 0.6 is 0 Å². The Labute approximate surface area is 162 Å². The predicted octanol–water partition coefficient (Wildman–Crippen LogP) is 5.27. The second-order valence-electron chi connectivity index (χ2n) is 7.05. The van der Waals surface area contributed by atoms with Crippen molar-refractivity contribution in [3.63, 3.8) is 0 Å². The Morgan fingerprint density at radius 2 is 2.07 bits per heavy atom. The van der Waals surface area contributed by atoms with Gasteiger partial charge in [-0.05, 0) is 56.1 Å². The maximum absolute atomic E-state index is 14.1. The zero-order valence-electron chi connectivity index (χ0n) is 15.9. The molecule has 2 heterocycles. The number of aryl methyl sites for hydroxylation is 1. The summed E-state index contributed by atoms with van der Waals surface area (Å²) in [6, 6.07) is 11.8. The van der Waals surface area contributed by atoms with E-state index in [4.69, 9.17) is 9.15 Å². The summed E-state index contributed by atoms with van der Waals surface area (Å²) >= 11 is 0. The highest BCUT2D eigenvalue weighted by Gasteiger charge is 2.28. The monoisotopic (exact) mass is 384 g/mol. The maximum atomic E-state index is 14.1. The SMILES string of the molecule is COc1cccc(C2CCCN2Cc2nc(-c3ccc(F)cc3F)oc2C)c1. The van der Waals surface area contributed by atoms with Crippen LogP contribution in [0.4, 0.5) is 8.78 Å². The third-order valence-electron chi connectivity index (χ3n) is 5.25. The number of methoxy groups -OCH3 is 1. The number of oxazole rings is 1. The highest BCUT2D eigenvalue weighted by Crippen LogP contribution is 2.35. The summed E-state index contributed by atoms with van der Waals surface area (Å²) in [5.74, 6) is 0.374. The fourth-order valence-corrected chi connectivity index (χ4v) is 3.79. The average Bonchev–Trinajstić information content (AvgIpc) is 3.29. The molecule has 1 aliphatic rings. The molecule has 28 heavy (non-hydrogen) atoms. The molecule has 1 aliphatic heterocycles. The summed E-state index contributed by atoms with van der Waals surface area (Å²) < 4.78 is 38.3. The van der Waals surface area contributed by atoms with Crippen molar-refractivity contribution in [2.75, 3.05) is 13.7 Å². The first kappa shape index (κ1) is 18.6. The minimum absolute atomic E-state index is 0.168. The fourth-order valence-electron chi connectivity index (χ4n) is 3.79. The molecule has 1 aromatic heterocycles. The lowest BCUT2D eigenvalue weighted by atomic mass is 10.0. The van der Waals surface area contributed by atoms with Crippen LogP contribution in [0.25, 0.3) is 11.5 Å². The molecule has 0 radical (unpaired) electrons. The van der Waals surface area contributed by atoms with E-state index in [9.17, 15) is 8.78 Å². The lowest BCUT2D eigenvalue weighted by Gasteiger charge is -2.24.